The molecule has 0 aliphatic rings. The van der Waals surface area contributed by atoms with Crippen LogP contribution in [0.1, 0.15) is 10.5 Å². The van der Waals surface area contributed by atoms with Gasteiger partial charge in [-0.2, -0.15) is 5.10 Å². The Kier molecular flexibility index (Phi) is 3.78. The van der Waals surface area contributed by atoms with Crippen molar-refractivity contribution in [2.24, 2.45) is 7.05 Å². The lowest BCUT2D eigenvalue weighted by Gasteiger charge is -2.08. The molecule has 8 heteroatoms. The van der Waals surface area contributed by atoms with Gasteiger partial charge in [0.2, 0.25) is 0 Å². The van der Waals surface area contributed by atoms with E-state index in [1.165, 1.54) is 25.2 Å². The number of carbonyl (C=O) groups is 1. The van der Waals surface area contributed by atoms with Gasteiger partial charge in [-0.05, 0) is 12.1 Å². The van der Waals surface area contributed by atoms with Crippen LogP contribution in [0, 0.1) is 10.1 Å². The summed E-state index contributed by atoms with van der Waals surface area (Å²) < 4.78 is 6.22. The van der Waals surface area contributed by atoms with E-state index in [2.05, 4.69) is 5.10 Å². The Morgan fingerprint density at radius 1 is 1.17 bits per heavy atom. The minimum Gasteiger partial charge on any atom is -0.421 e. The van der Waals surface area contributed by atoms with Gasteiger partial charge in [-0.25, -0.2) is 9.48 Å². The Morgan fingerprint density at radius 3 is 2.58 bits per heavy atom. The molecule has 0 radical (unpaired) electrons. The summed E-state index contributed by atoms with van der Waals surface area (Å²) in [5.74, 6) is -0.781. The fraction of sp³-hybridized carbons (Fsp3) is 0.0625. The molecule has 8 nitrogen and oxygen atoms in total. The normalized spacial score (nSPS) is 10.5. The summed E-state index contributed by atoms with van der Waals surface area (Å²) in [6.45, 7) is 0. The SMILES string of the molecule is Cn1nc(C(=O)Oc2cccc([N+](=O)[O-])c2)c2ccccc2c1=O. The number of esters is 1. The minimum atomic E-state index is -0.803. The highest BCUT2D eigenvalue weighted by Crippen LogP contribution is 2.21. The number of benzene rings is 2. The molecular weight excluding hydrogens is 314 g/mol. The van der Waals surface area contributed by atoms with E-state index < -0.39 is 10.9 Å². The summed E-state index contributed by atoms with van der Waals surface area (Å²) in [5, 5.41) is 15.4. The number of rotatable bonds is 3. The zero-order valence-electron chi connectivity index (χ0n) is 12.5. The van der Waals surface area contributed by atoms with Crippen molar-refractivity contribution in [3.8, 4) is 5.75 Å². The van der Waals surface area contributed by atoms with Gasteiger partial charge >= 0.3 is 5.97 Å². The van der Waals surface area contributed by atoms with E-state index >= 15 is 0 Å². The van der Waals surface area contributed by atoms with E-state index in [0.717, 1.165) is 10.7 Å². The van der Waals surface area contributed by atoms with Gasteiger partial charge < -0.3 is 4.74 Å². The number of aromatic nitrogens is 2. The first-order chi connectivity index (χ1) is 11.5. The maximum atomic E-state index is 12.4. The molecule has 0 bridgehead atoms. The zero-order valence-corrected chi connectivity index (χ0v) is 12.5. The predicted molar refractivity (Wildman–Crippen MR) is 85.0 cm³/mol. The summed E-state index contributed by atoms with van der Waals surface area (Å²) in [6, 6.07) is 11.8. The van der Waals surface area contributed by atoms with Crippen LogP contribution in [0.3, 0.4) is 0 Å². The number of fused-ring (bicyclic) bond motifs is 1. The van der Waals surface area contributed by atoms with Crippen molar-refractivity contribution in [2.45, 2.75) is 0 Å². The molecule has 2 aromatic carbocycles. The van der Waals surface area contributed by atoms with Crippen molar-refractivity contribution in [1.29, 1.82) is 0 Å². The standard InChI is InChI=1S/C16H11N3O5/c1-18-15(20)13-8-3-2-7-12(13)14(17-18)16(21)24-11-6-4-5-10(9-11)19(22)23/h2-9H,1H3. The second-order valence-electron chi connectivity index (χ2n) is 4.97. The first-order valence-corrected chi connectivity index (χ1v) is 6.90. The fourth-order valence-electron chi connectivity index (χ4n) is 2.27. The maximum absolute atomic E-state index is 12.4. The summed E-state index contributed by atoms with van der Waals surface area (Å²) >= 11 is 0. The minimum absolute atomic E-state index is 0.0222. The molecule has 120 valence electrons. The van der Waals surface area contributed by atoms with E-state index in [0.29, 0.717) is 10.8 Å². The molecule has 1 heterocycles. The van der Waals surface area contributed by atoms with Crippen molar-refractivity contribution in [3.63, 3.8) is 0 Å². The third kappa shape index (κ3) is 2.72. The van der Waals surface area contributed by atoms with Crippen LogP contribution in [0.25, 0.3) is 10.8 Å². The maximum Gasteiger partial charge on any atom is 0.364 e. The number of nitro groups is 1. The highest BCUT2D eigenvalue weighted by atomic mass is 16.6. The highest BCUT2D eigenvalue weighted by Gasteiger charge is 2.18. The van der Waals surface area contributed by atoms with Gasteiger partial charge in [-0.1, -0.05) is 24.3 Å². The molecule has 24 heavy (non-hydrogen) atoms. The number of hydrogen-bond donors (Lipinski definition) is 0. The van der Waals surface area contributed by atoms with Crippen molar-refractivity contribution in [3.05, 3.63) is 74.7 Å². The van der Waals surface area contributed by atoms with E-state index in [9.17, 15) is 19.7 Å². The van der Waals surface area contributed by atoms with Gasteiger partial charge in [0.15, 0.2) is 5.69 Å². The Labute approximate surface area is 135 Å². The summed E-state index contributed by atoms with van der Waals surface area (Å²) in [4.78, 5) is 34.7. The third-order valence-electron chi connectivity index (χ3n) is 3.39. The highest BCUT2D eigenvalue weighted by molar-refractivity contribution is 6.02. The molecule has 3 aromatic rings. The van der Waals surface area contributed by atoms with Crippen LogP contribution in [-0.4, -0.2) is 20.7 Å². The summed E-state index contributed by atoms with van der Waals surface area (Å²) in [5.41, 5.74) is -0.574. The van der Waals surface area contributed by atoms with Crippen LogP contribution >= 0.6 is 0 Å². The quantitative estimate of drug-likeness (QED) is 0.316. The first kappa shape index (κ1) is 15.3. The molecular formula is C16H11N3O5. The largest absolute Gasteiger partial charge is 0.421 e. The Hall–Kier alpha value is -3.55. The topological polar surface area (TPSA) is 104 Å². The zero-order chi connectivity index (χ0) is 17.3. The summed E-state index contributed by atoms with van der Waals surface area (Å²) in [7, 11) is 1.43. The molecule has 0 aliphatic heterocycles. The molecule has 0 saturated carbocycles. The lowest BCUT2D eigenvalue weighted by atomic mass is 10.1. The van der Waals surface area contributed by atoms with Crippen LogP contribution in [0.4, 0.5) is 5.69 Å². The number of hydrogen-bond acceptors (Lipinski definition) is 6. The van der Waals surface area contributed by atoms with Crippen LogP contribution in [0.5, 0.6) is 5.75 Å². The molecule has 0 amide bonds. The molecule has 0 N–H and O–H groups in total. The fourth-order valence-corrected chi connectivity index (χ4v) is 2.27. The van der Waals surface area contributed by atoms with E-state index in [4.69, 9.17) is 4.74 Å². The third-order valence-corrected chi connectivity index (χ3v) is 3.39. The second kappa shape index (κ2) is 5.92. The first-order valence-electron chi connectivity index (χ1n) is 6.90. The van der Waals surface area contributed by atoms with Gasteiger partial charge in [0, 0.05) is 18.5 Å². The van der Waals surface area contributed by atoms with E-state index in [1.807, 2.05) is 0 Å². The Balaban J connectivity index is 2.04. The lowest BCUT2D eigenvalue weighted by molar-refractivity contribution is -0.384. The van der Waals surface area contributed by atoms with Gasteiger partial charge in [-0.15, -0.1) is 0 Å². The molecule has 0 saturated heterocycles. The van der Waals surface area contributed by atoms with Crippen molar-refractivity contribution < 1.29 is 14.5 Å². The molecule has 0 unspecified atom stereocenters. The van der Waals surface area contributed by atoms with E-state index in [-0.39, 0.29) is 22.7 Å². The number of non-ortho nitro benzene ring substituents is 1. The van der Waals surface area contributed by atoms with Crippen molar-refractivity contribution in [1.82, 2.24) is 9.78 Å². The van der Waals surface area contributed by atoms with Crippen molar-refractivity contribution in [2.75, 3.05) is 0 Å². The van der Waals surface area contributed by atoms with E-state index in [1.54, 1.807) is 24.3 Å². The summed E-state index contributed by atoms with van der Waals surface area (Å²) in [6.07, 6.45) is 0. The van der Waals surface area contributed by atoms with Crippen LogP contribution < -0.4 is 10.3 Å². The monoisotopic (exact) mass is 325 g/mol. The lowest BCUT2D eigenvalue weighted by Crippen LogP contribution is -2.24. The molecule has 0 spiro atoms. The van der Waals surface area contributed by atoms with Crippen LogP contribution in [-0.2, 0) is 7.05 Å². The van der Waals surface area contributed by atoms with Crippen LogP contribution in [0.2, 0.25) is 0 Å². The van der Waals surface area contributed by atoms with Gasteiger partial charge in [-0.3, -0.25) is 14.9 Å². The molecule has 0 aliphatic carbocycles. The van der Waals surface area contributed by atoms with Crippen LogP contribution in [0.15, 0.2) is 53.3 Å². The number of nitrogens with zero attached hydrogens (tertiary/aromatic N) is 3. The van der Waals surface area contributed by atoms with Crippen molar-refractivity contribution >= 4 is 22.4 Å². The molecule has 0 atom stereocenters. The second-order valence-corrected chi connectivity index (χ2v) is 4.97. The molecule has 1 aromatic heterocycles. The van der Waals surface area contributed by atoms with Gasteiger partial charge in [0.1, 0.15) is 5.75 Å². The smallest absolute Gasteiger partial charge is 0.364 e. The molecule has 0 fully saturated rings. The Morgan fingerprint density at radius 2 is 1.88 bits per heavy atom. The molecule has 3 rings (SSSR count). The van der Waals surface area contributed by atoms with Gasteiger partial charge in [0.05, 0.1) is 16.4 Å². The average molecular weight is 325 g/mol. The number of aryl methyl sites for hydroxylation is 1. The van der Waals surface area contributed by atoms with Gasteiger partial charge in [0.25, 0.3) is 11.2 Å². The number of nitro benzene ring substituents is 1. The number of carbonyl (C=O) groups excluding carboxylic acids is 1. The Bertz CT molecular complexity index is 1030. The number of ether oxygens (including phenoxy) is 1. The predicted octanol–water partition coefficient (Wildman–Crippen LogP) is 2.06. The average Bonchev–Trinajstić information content (AvgIpc) is 2.58.